The van der Waals surface area contributed by atoms with Crippen LogP contribution in [0.2, 0.25) is 0 Å². The Morgan fingerprint density at radius 2 is 2.14 bits per heavy atom. The fourth-order valence-electron chi connectivity index (χ4n) is 2.34. The van der Waals surface area contributed by atoms with E-state index in [1.807, 2.05) is 11.8 Å². The second-order valence-corrected chi connectivity index (χ2v) is 5.08. The first-order chi connectivity index (χ1) is 10.5. The molecule has 0 atom stereocenters. The van der Waals surface area contributed by atoms with Gasteiger partial charge >= 0.3 is 0 Å². The summed E-state index contributed by atoms with van der Waals surface area (Å²) in [5.41, 5.74) is 9.72. The number of hydrogen-bond acceptors (Lipinski definition) is 5. The first kappa shape index (κ1) is 15.5. The number of nitrogens with zero attached hydrogens (tertiary/aromatic N) is 3. The highest BCUT2D eigenvalue weighted by Crippen LogP contribution is 2.22. The molecule has 0 saturated carbocycles. The number of nitrogens with two attached hydrogens (primary N) is 1. The highest BCUT2D eigenvalue weighted by Gasteiger charge is 2.21. The maximum absolute atomic E-state index is 12.5. The van der Waals surface area contributed by atoms with Crippen molar-refractivity contribution in [2.45, 2.75) is 19.8 Å². The topological polar surface area (TPSA) is 118 Å². The highest BCUT2D eigenvalue weighted by atomic mass is 16.2. The molecule has 4 N–H and O–H groups in total. The molecular weight excluding hydrogens is 280 g/mol. The van der Waals surface area contributed by atoms with Gasteiger partial charge in [-0.25, -0.2) is 0 Å². The Kier molecular flexibility index (Phi) is 4.73. The van der Waals surface area contributed by atoms with Crippen molar-refractivity contribution < 1.29 is 4.79 Å². The van der Waals surface area contributed by atoms with Gasteiger partial charge in [0.25, 0.3) is 5.91 Å². The number of nitrogens with one attached hydrogen (secondary N) is 2. The lowest BCUT2D eigenvalue weighted by atomic mass is 10.1. The Labute approximate surface area is 128 Å². The predicted octanol–water partition coefficient (Wildman–Crippen LogP) is 1.46. The molecule has 1 aliphatic rings. The molecule has 1 aliphatic heterocycles. The fourth-order valence-corrected chi connectivity index (χ4v) is 2.34. The Bertz CT molecular complexity index is 667. The summed E-state index contributed by atoms with van der Waals surface area (Å²) in [5.74, 6) is -0.397. The van der Waals surface area contributed by atoms with Crippen LogP contribution in [0.5, 0.6) is 0 Å². The number of benzene rings is 1. The number of hydrogen-bond donors (Lipinski definition) is 3. The second-order valence-electron chi connectivity index (χ2n) is 5.08. The van der Waals surface area contributed by atoms with Crippen molar-refractivity contribution in [2.24, 2.45) is 10.8 Å². The molecule has 7 nitrogen and oxygen atoms in total. The van der Waals surface area contributed by atoms with Crippen LogP contribution in [0.25, 0.3) is 0 Å². The van der Waals surface area contributed by atoms with E-state index in [0.717, 1.165) is 31.5 Å². The van der Waals surface area contributed by atoms with Crippen molar-refractivity contribution in [1.82, 2.24) is 4.90 Å². The van der Waals surface area contributed by atoms with E-state index in [9.17, 15) is 4.79 Å². The Balaban J connectivity index is 2.24. The third kappa shape index (κ3) is 3.23. The standard InChI is InChI=1S/C15H18N6O/c1-10-11(15(22)21-7-2-3-8-21)5-4-6-12(10)19-20-13(9-16)14(17)18/h4-6,19H,2-3,7-8H2,1H3,(H3,17,18)/b20-13+. The minimum absolute atomic E-state index is 0.00899. The van der Waals surface area contributed by atoms with Crippen LogP contribution >= 0.6 is 0 Å². The average molecular weight is 298 g/mol. The van der Waals surface area contributed by atoms with E-state index in [1.165, 1.54) is 0 Å². The zero-order valence-corrected chi connectivity index (χ0v) is 12.4. The van der Waals surface area contributed by atoms with Crippen molar-refractivity contribution in [2.75, 3.05) is 18.5 Å². The quantitative estimate of drug-likeness (QED) is 0.443. The first-order valence-corrected chi connectivity index (χ1v) is 7.01. The zero-order chi connectivity index (χ0) is 16.1. The molecule has 7 heteroatoms. The largest absolute Gasteiger partial charge is 0.382 e. The number of likely N-dealkylation sites (tertiary alicyclic amines) is 1. The summed E-state index contributed by atoms with van der Waals surface area (Å²) >= 11 is 0. The summed E-state index contributed by atoms with van der Waals surface area (Å²) in [7, 11) is 0. The van der Waals surface area contributed by atoms with Gasteiger partial charge in [-0.1, -0.05) is 6.07 Å². The highest BCUT2D eigenvalue weighted by molar-refractivity contribution is 6.45. The summed E-state index contributed by atoms with van der Waals surface area (Å²) in [6.45, 7) is 3.40. The lowest BCUT2D eigenvalue weighted by Gasteiger charge is -2.18. The molecule has 1 fully saturated rings. The molecule has 0 aliphatic carbocycles. The lowest BCUT2D eigenvalue weighted by Crippen LogP contribution is -2.28. The van der Waals surface area contributed by atoms with Crippen LogP contribution in [-0.2, 0) is 0 Å². The molecule has 1 aromatic rings. The third-order valence-electron chi connectivity index (χ3n) is 3.61. The number of amidine groups is 1. The summed E-state index contributed by atoms with van der Waals surface area (Å²) < 4.78 is 0. The van der Waals surface area contributed by atoms with E-state index in [4.69, 9.17) is 16.4 Å². The van der Waals surface area contributed by atoms with E-state index >= 15 is 0 Å². The number of anilines is 1. The van der Waals surface area contributed by atoms with Gasteiger partial charge in [-0.3, -0.25) is 15.6 Å². The molecule has 0 spiro atoms. The van der Waals surface area contributed by atoms with Crippen molar-refractivity contribution in [3.8, 4) is 6.07 Å². The van der Waals surface area contributed by atoms with Gasteiger partial charge < -0.3 is 10.6 Å². The number of hydrazone groups is 1. The van der Waals surface area contributed by atoms with Crippen molar-refractivity contribution in [3.05, 3.63) is 29.3 Å². The van der Waals surface area contributed by atoms with Crippen molar-refractivity contribution in [1.29, 1.82) is 10.7 Å². The van der Waals surface area contributed by atoms with Crippen molar-refractivity contribution >= 4 is 23.1 Å². The molecule has 0 radical (unpaired) electrons. The molecule has 1 heterocycles. The van der Waals surface area contributed by atoms with Gasteiger partial charge in [-0.15, -0.1) is 0 Å². The average Bonchev–Trinajstić information content (AvgIpc) is 3.02. The molecule has 0 bridgehead atoms. The molecular formula is C15H18N6O. The maximum atomic E-state index is 12.5. The van der Waals surface area contributed by atoms with Gasteiger partial charge in [-0.05, 0) is 37.5 Å². The number of nitriles is 1. The maximum Gasteiger partial charge on any atom is 0.254 e. The molecule has 0 aromatic heterocycles. The summed E-state index contributed by atoms with van der Waals surface area (Å²) in [5, 5.41) is 19.8. The zero-order valence-electron chi connectivity index (χ0n) is 12.4. The van der Waals surface area contributed by atoms with Crippen LogP contribution < -0.4 is 11.2 Å². The van der Waals surface area contributed by atoms with Crippen LogP contribution in [0.1, 0.15) is 28.8 Å². The number of rotatable bonds is 4. The normalized spacial score (nSPS) is 14.5. The predicted molar refractivity (Wildman–Crippen MR) is 84.9 cm³/mol. The Hall–Kier alpha value is -2.88. The molecule has 1 saturated heterocycles. The summed E-state index contributed by atoms with van der Waals surface area (Å²) in [4.78, 5) is 14.3. The molecule has 1 amide bonds. The van der Waals surface area contributed by atoms with Crippen LogP contribution in [0, 0.1) is 23.7 Å². The van der Waals surface area contributed by atoms with E-state index in [1.54, 1.807) is 24.3 Å². The van der Waals surface area contributed by atoms with Gasteiger partial charge in [0.15, 0.2) is 5.84 Å². The van der Waals surface area contributed by atoms with E-state index in [0.29, 0.717) is 11.3 Å². The molecule has 22 heavy (non-hydrogen) atoms. The van der Waals surface area contributed by atoms with E-state index in [2.05, 4.69) is 10.5 Å². The Morgan fingerprint density at radius 3 is 2.73 bits per heavy atom. The monoisotopic (exact) mass is 298 g/mol. The SMILES string of the molecule is Cc1c(N/N=C(\C#N)C(=N)N)cccc1C(=O)N1CCCC1. The third-order valence-corrected chi connectivity index (χ3v) is 3.61. The minimum atomic E-state index is -0.406. The number of carbonyl (C=O) groups excluding carboxylic acids is 1. The van der Waals surface area contributed by atoms with Crippen LogP contribution in [0.4, 0.5) is 5.69 Å². The first-order valence-electron chi connectivity index (χ1n) is 7.01. The van der Waals surface area contributed by atoms with Crippen LogP contribution in [0.3, 0.4) is 0 Å². The molecule has 0 unspecified atom stereocenters. The van der Waals surface area contributed by atoms with Gasteiger partial charge in [0.1, 0.15) is 6.07 Å². The van der Waals surface area contributed by atoms with Gasteiger partial charge in [0, 0.05) is 18.7 Å². The van der Waals surface area contributed by atoms with Gasteiger partial charge in [0.2, 0.25) is 5.71 Å². The molecule has 1 aromatic carbocycles. The van der Waals surface area contributed by atoms with Gasteiger partial charge in [0.05, 0.1) is 5.69 Å². The smallest absolute Gasteiger partial charge is 0.254 e. The summed E-state index contributed by atoms with van der Waals surface area (Å²) in [6, 6.07) is 7.03. The lowest BCUT2D eigenvalue weighted by molar-refractivity contribution is 0.0792. The minimum Gasteiger partial charge on any atom is -0.382 e. The molecule has 114 valence electrons. The Morgan fingerprint density at radius 1 is 1.45 bits per heavy atom. The summed E-state index contributed by atoms with van der Waals surface area (Å²) in [6.07, 6.45) is 2.08. The number of carbonyl (C=O) groups is 1. The van der Waals surface area contributed by atoms with Crippen LogP contribution in [-0.4, -0.2) is 35.4 Å². The molecule has 2 rings (SSSR count). The van der Waals surface area contributed by atoms with Gasteiger partial charge in [-0.2, -0.15) is 10.4 Å². The number of amides is 1. The van der Waals surface area contributed by atoms with E-state index in [-0.39, 0.29) is 11.6 Å². The second kappa shape index (κ2) is 6.72. The van der Waals surface area contributed by atoms with Crippen molar-refractivity contribution in [3.63, 3.8) is 0 Å². The van der Waals surface area contributed by atoms with E-state index < -0.39 is 5.84 Å². The fraction of sp³-hybridized carbons (Fsp3) is 0.333. The van der Waals surface area contributed by atoms with Crippen LogP contribution in [0.15, 0.2) is 23.3 Å².